The zero-order chi connectivity index (χ0) is 26.7. The van der Waals surface area contributed by atoms with E-state index < -0.39 is 0 Å². The Morgan fingerprint density at radius 1 is 0.400 bits per heavy atom. The first-order chi connectivity index (χ1) is 19.8. The third-order valence-corrected chi connectivity index (χ3v) is 8.57. The van der Waals surface area contributed by atoms with Crippen molar-refractivity contribution >= 4 is 22.7 Å². The molecule has 0 N–H and O–H groups in total. The van der Waals surface area contributed by atoms with Crippen LogP contribution in [0.5, 0.6) is 0 Å². The van der Waals surface area contributed by atoms with Gasteiger partial charge in [-0.05, 0) is 65.7 Å². The molecular formula is C32H20N6S2. The van der Waals surface area contributed by atoms with Gasteiger partial charge < -0.3 is 0 Å². The Kier molecular flexibility index (Phi) is 6.45. The van der Waals surface area contributed by atoms with E-state index in [2.05, 4.69) is 66.3 Å². The molecule has 1 aromatic carbocycles. The number of rotatable bonds is 6. The van der Waals surface area contributed by atoms with Crippen molar-refractivity contribution in [2.45, 2.75) is 0 Å². The molecule has 0 atom stereocenters. The first-order valence-electron chi connectivity index (χ1n) is 12.6. The first kappa shape index (κ1) is 24.1. The zero-order valence-electron chi connectivity index (χ0n) is 21.0. The Hall–Kier alpha value is -4.92. The summed E-state index contributed by atoms with van der Waals surface area (Å²) >= 11 is 3.32. The number of nitrogens with zero attached hydrogens (tertiary/aromatic N) is 6. The highest BCUT2D eigenvalue weighted by molar-refractivity contribution is 7.18. The van der Waals surface area contributed by atoms with Gasteiger partial charge in [-0.1, -0.05) is 18.2 Å². The van der Waals surface area contributed by atoms with Crippen molar-refractivity contribution in [3.05, 3.63) is 122 Å². The van der Waals surface area contributed by atoms with Gasteiger partial charge in [-0.3, -0.25) is 19.9 Å². The molecule has 8 heteroatoms. The van der Waals surface area contributed by atoms with Gasteiger partial charge in [-0.2, -0.15) is 0 Å². The third-order valence-electron chi connectivity index (χ3n) is 6.38. The van der Waals surface area contributed by atoms with E-state index in [9.17, 15) is 0 Å². The van der Waals surface area contributed by atoms with Crippen molar-refractivity contribution in [2.24, 2.45) is 0 Å². The highest BCUT2D eigenvalue weighted by Crippen LogP contribution is 2.37. The molecule has 6 heterocycles. The Bertz CT molecular complexity index is 1740. The molecule has 40 heavy (non-hydrogen) atoms. The molecular weight excluding hydrogens is 533 g/mol. The molecule has 0 saturated carbocycles. The van der Waals surface area contributed by atoms with Crippen LogP contribution in [0, 0.1) is 0 Å². The third kappa shape index (κ3) is 4.93. The fourth-order valence-electron chi connectivity index (χ4n) is 4.32. The maximum absolute atomic E-state index is 4.69. The smallest absolute Gasteiger partial charge is 0.125 e. The van der Waals surface area contributed by atoms with Crippen LogP contribution >= 0.6 is 22.7 Å². The van der Waals surface area contributed by atoms with Crippen LogP contribution in [-0.4, -0.2) is 29.9 Å². The van der Waals surface area contributed by atoms with Gasteiger partial charge in [-0.25, -0.2) is 9.97 Å². The van der Waals surface area contributed by atoms with Gasteiger partial charge in [0.2, 0.25) is 0 Å². The first-order valence-corrected chi connectivity index (χ1v) is 14.2. The second kappa shape index (κ2) is 10.7. The number of hydrogen-bond donors (Lipinski definition) is 0. The summed E-state index contributed by atoms with van der Waals surface area (Å²) in [6.45, 7) is 0. The van der Waals surface area contributed by atoms with E-state index >= 15 is 0 Å². The summed E-state index contributed by atoms with van der Waals surface area (Å²) < 4.78 is 0. The summed E-state index contributed by atoms with van der Waals surface area (Å²) in [6, 6.07) is 24.5. The van der Waals surface area contributed by atoms with Crippen LogP contribution in [0.25, 0.3) is 64.5 Å². The van der Waals surface area contributed by atoms with Gasteiger partial charge in [-0.15, -0.1) is 22.7 Å². The van der Waals surface area contributed by atoms with Crippen molar-refractivity contribution in [1.82, 2.24) is 29.9 Å². The Morgan fingerprint density at radius 2 is 0.900 bits per heavy atom. The number of thiazole rings is 2. The minimum absolute atomic E-state index is 0.894. The van der Waals surface area contributed by atoms with Crippen molar-refractivity contribution in [2.75, 3.05) is 0 Å². The Morgan fingerprint density at radius 3 is 1.32 bits per heavy atom. The minimum atomic E-state index is 0.894. The van der Waals surface area contributed by atoms with E-state index in [1.54, 1.807) is 35.1 Å². The van der Waals surface area contributed by atoms with E-state index in [0.29, 0.717) is 0 Å². The molecule has 0 fully saturated rings. The highest BCUT2D eigenvalue weighted by Gasteiger charge is 2.12. The maximum atomic E-state index is 4.69. The Labute approximate surface area is 238 Å². The summed E-state index contributed by atoms with van der Waals surface area (Å²) in [5.74, 6) is 0. The predicted molar refractivity (Wildman–Crippen MR) is 162 cm³/mol. The highest BCUT2D eigenvalue weighted by atomic mass is 32.1. The predicted octanol–water partition coefficient (Wildman–Crippen LogP) is 8.18. The number of pyridine rings is 4. The molecule has 0 saturated heterocycles. The van der Waals surface area contributed by atoms with E-state index in [-0.39, 0.29) is 0 Å². The molecule has 6 aromatic heterocycles. The van der Waals surface area contributed by atoms with Gasteiger partial charge in [0, 0.05) is 71.8 Å². The standard InChI is InChI=1S/C32H20N6S2/c1-4-21(29-19-37-31(39-29)25-8-10-27(35-17-25)23-6-2-12-33-15-23)14-22(5-1)30-20-38-32(40-30)26-9-11-28(36-18-26)24-7-3-13-34-16-24/h1-20H. The van der Waals surface area contributed by atoms with Crippen LogP contribution < -0.4 is 0 Å². The summed E-state index contributed by atoms with van der Waals surface area (Å²) in [5.41, 5.74) is 8.02. The van der Waals surface area contributed by atoms with E-state index in [4.69, 9.17) is 0 Å². The SMILES string of the molecule is c1cncc(-c2ccc(-c3ncc(-c4cccc(-c5cnc(-c6ccc(-c7cccnc7)nc6)s5)c4)s3)cn2)c1. The summed E-state index contributed by atoms with van der Waals surface area (Å²) in [5, 5.41) is 1.88. The molecule has 0 radical (unpaired) electrons. The maximum Gasteiger partial charge on any atom is 0.125 e. The van der Waals surface area contributed by atoms with Crippen molar-refractivity contribution in [3.8, 4) is 64.5 Å². The molecule has 6 nitrogen and oxygen atoms in total. The molecule has 0 spiro atoms. The molecule has 0 aliphatic heterocycles. The second-order valence-corrected chi connectivity index (χ2v) is 11.0. The lowest BCUT2D eigenvalue weighted by atomic mass is 10.1. The van der Waals surface area contributed by atoms with Gasteiger partial charge in [0.05, 0.1) is 21.1 Å². The average Bonchev–Trinajstić information content (AvgIpc) is 3.74. The number of hydrogen-bond acceptors (Lipinski definition) is 8. The molecule has 190 valence electrons. The summed E-state index contributed by atoms with van der Waals surface area (Å²) in [4.78, 5) is 29.2. The largest absolute Gasteiger partial charge is 0.264 e. The van der Waals surface area contributed by atoms with Crippen LogP contribution in [0.15, 0.2) is 122 Å². The van der Waals surface area contributed by atoms with E-state index in [0.717, 1.165) is 64.5 Å². The normalized spacial score (nSPS) is 11.0. The lowest BCUT2D eigenvalue weighted by molar-refractivity contribution is 1.27. The fourth-order valence-corrected chi connectivity index (χ4v) is 6.12. The van der Waals surface area contributed by atoms with Crippen LogP contribution in [0.2, 0.25) is 0 Å². The zero-order valence-corrected chi connectivity index (χ0v) is 22.7. The second-order valence-electron chi connectivity index (χ2n) is 8.99. The van der Waals surface area contributed by atoms with Gasteiger partial charge in [0.25, 0.3) is 0 Å². The van der Waals surface area contributed by atoms with Crippen LogP contribution in [0.4, 0.5) is 0 Å². The van der Waals surface area contributed by atoms with Crippen molar-refractivity contribution in [1.29, 1.82) is 0 Å². The molecule has 0 aliphatic rings. The molecule has 0 amide bonds. The molecule has 0 unspecified atom stereocenters. The van der Waals surface area contributed by atoms with Gasteiger partial charge in [0.15, 0.2) is 0 Å². The van der Waals surface area contributed by atoms with E-state index in [1.807, 2.05) is 73.6 Å². The monoisotopic (exact) mass is 552 g/mol. The van der Waals surface area contributed by atoms with Crippen LogP contribution in [0.1, 0.15) is 0 Å². The quantitative estimate of drug-likeness (QED) is 0.207. The Balaban J connectivity index is 1.10. The molecule has 7 rings (SSSR count). The van der Waals surface area contributed by atoms with Crippen LogP contribution in [-0.2, 0) is 0 Å². The lowest BCUT2D eigenvalue weighted by Gasteiger charge is -2.02. The molecule has 7 aromatic rings. The summed E-state index contributed by atoms with van der Waals surface area (Å²) in [6.07, 6.45) is 14.8. The topological polar surface area (TPSA) is 77.3 Å². The number of benzene rings is 1. The fraction of sp³-hybridized carbons (Fsp3) is 0. The minimum Gasteiger partial charge on any atom is -0.264 e. The van der Waals surface area contributed by atoms with Crippen LogP contribution in [0.3, 0.4) is 0 Å². The average molecular weight is 553 g/mol. The number of aromatic nitrogens is 6. The molecule has 0 aliphatic carbocycles. The molecule has 0 bridgehead atoms. The van der Waals surface area contributed by atoms with Gasteiger partial charge in [0.1, 0.15) is 10.0 Å². The van der Waals surface area contributed by atoms with E-state index in [1.165, 1.54) is 0 Å². The van der Waals surface area contributed by atoms with Crippen molar-refractivity contribution < 1.29 is 0 Å². The lowest BCUT2D eigenvalue weighted by Crippen LogP contribution is -1.85. The van der Waals surface area contributed by atoms with Crippen molar-refractivity contribution in [3.63, 3.8) is 0 Å². The van der Waals surface area contributed by atoms with Gasteiger partial charge >= 0.3 is 0 Å². The summed E-state index contributed by atoms with van der Waals surface area (Å²) in [7, 11) is 0.